The molecule has 214 valence electrons. The summed E-state index contributed by atoms with van der Waals surface area (Å²) in [6, 6.07) is 10.7. The molecule has 9 nitrogen and oxygen atoms in total. The van der Waals surface area contributed by atoms with Gasteiger partial charge in [0.2, 0.25) is 5.91 Å². The van der Waals surface area contributed by atoms with Crippen molar-refractivity contribution in [2.75, 3.05) is 43.1 Å². The van der Waals surface area contributed by atoms with Gasteiger partial charge >= 0.3 is 0 Å². The Kier molecular flexibility index (Phi) is 8.86. The molecule has 3 fully saturated rings. The van der Waals surface area contributed by atoms with Crippen LogP contribution in [0.2, 0.25) is 0 Å². The molecule has 0 spiro atoms. The van der Waals surface area contributed by atoms with Gasteiger partial charge in [0, 0.05) is 38.2 Å². The predicted octanol–water partition coefficient (Wildman–Crippen LogP) is 4.09. The fraction of sp³-hybridized carbons (Fsp3) is 0.464. The van der Waals surface area contributed by atoms with E-state index in [1.807, 2.05) is 36.4 Å². The summed E-state index contributed by atoms with van der Waals surface area (Å²) in [7, 11) is -1.61. The van der Waals surface area contributed by atoms with E-state index in [1.165, 1.54) is 23.1 Å². The van der Waals surface area contributed by atoms with Gasteiger partial charge in [-0.2, -0.15) is 0 Å². The number of amides is 2. The van der Waals surface area contributed by atoms with Crippen LogP contribution in [0.3, 0.4) is 0 Å². The number of hydrogen-bond donors (Lipinski definition) is 0. The molecule has 3 aliphatic heterocycles. The second kappa shape index (κ2) is 12.4. The van der Waals surface area contributed by atoms with Crippen molar-refractivity contribution in [3.8, 4) is 5.75 Å². The number of hydrogen-bond acceptors (Lipinski definition) is 9. The van der Waals surface area contributed by atoms with E-state index < -0.39 is 15.9 Å². The maximum atomic E-state index is 13.5. The summed E-state index contributed by atoms with van der Waals surface area (Å²) in [5, 5.41) is 0. The number of thiocarbonyl (C=S) groups is 1. The van der Waals surface area contributed by atoms with Gasteiger partial charge in [-0.1, -0.05) is 36.1 Å². The molecule has 0 N–H and O–H groups in total. The molecule has 5 rings (SSSR count). The summed E-state index contributed by atoms with van der Waals surface area (Å²) < 4.78 is 36.2. The van der Waals surface area contributed by atoms with Gasteiger partial charge in [0.25, 0.3) is 5.91 Å². The lowest BCUT2D eigenvalue weighted by molar-refractivity contribution is -0.134. The molecule has 2 aromatic rings. The zero-order chi connectivity index (χ0) is 28.3. The number of nitrogens with zero attached hydrogens (tertiary/aromatic N) is 3. The largest absolute Gasteiger partial charge is 0.497 e. The summed E-state index contributed by atoms with van der Waals surface area (Å²) in [5.74, 6) is 1.64. The Morgan fingerprint density at radius 1 is 1.18 bits per heavy atom. The summed E-state index contributed by atoms with van der Waals surface area (Å²) in [5.41, 5.74) is 0.841. The van der Waals surface area contributed by atoms with E-state index in [1.54, 1.807) is 18.1 Å². The highest BCUT2D eigenvalue weighted by atomic mass is 32.2. The normalized spacial score (nSPS) is 21.8. The molecule has 3 aliphatic rings. The van der Waals surface area contributed by atoms with Gasteiger partial charge in [0.05, 0.1) is 30.1 Å². The molecule has 1 aromatic heterocycles. The highest BCUT2D eigenvalue weighted by Gasteiger charge is 2.37. The van der Waals surface area contributed by atoms with E-state index in [4.69, 9.17) is 21.4 Å². The molecule has 3 saturated heterocycles. The molecular weight excluding hydrogens is 571 g/mol. The third kappa shape index (κ3) is 6.72. The smallest absolute Gasteiger partial charge is 0.266 e. The molecule has 2 amide bonds. The van der Waals surface area contributed by atoms with Crippen LogP contribution in [0.4, 0.5) is 5.88 Å². The molecule has 0 radical (unpaired) electrons. The number of methoxy groups -OCH3 is 1. The van der Waals surface area contributed by atoms with Crippen LogP contribution in [0.25, 0.3) is 6.08 Å². The number of thioether (sulfide) groups is 1. The van der Waals surface area contributed by atoms with Gasteiger partial charge in [-0.3, -0.25) is 14.5 Å². The summed E-state index contributed by atoms with van der Waals surface area (Å²) in [6.45, 7) is 2.18. The minimum Gasteiger partial charge on any atom is -0.497 e. The average Bonchev–Trinajstić information content (AvgIpc) is 3.64. The van der Waals surface area contributed by atoms with Crippen molar-refractivity contribution in [3.63, 3.8) is 0 Å². The quantitative estimate of drug-likeness (QED) is 0.310. The van der Waals surface area contributed by atoms with Crippen LogP contribution < -0.4 is 9.64 Å². The number of rotatable bonds is 9. The first-order valence-electron chi connectivity index (χ1n) is 13.5. The molecule has 12 heteroatoms. The number of ether oxygens (including phenoxy) is 1. The van der Waals surface area contributed by atoms with Crippen molar-refractivity contribution >= 4 is 61.9 Å². The number of benzene rings is 1. The van der Waals surface area contributed by atoms with Crippen LogP contribution in [-0.4, -0.2) is 78.6 Å². The highest BCUT2D eigenvalue weighted by Crippen LogP contribution is 2.33. The molecule has 0 aliphatic carbocycles. The SMILES string of the molecule is COc1ccc(/C=C2\SC(=S)N(CCC(=O)N(Cc3ccc(N4CCCCC4)o3)C3CCS(=O)(=O)C3)C2=O)cc1. The Labute approximate surface area is 244 Å². The molecule has 0 bridgehead atoms. The van der Waals surface area contributed by atoms with E-state index in [9.17, 15) is 18.0 Å². The van der Waals surface area contributed by atoms with Crippen molar-refractivity contribution < 1.29 is 27.2 Å². The molecule has 40 heavy (non-hydrogen) atoms. The number of anilines is 1. The number of furan rings is 1. The van der Waals surface area contributed by atoms with Gasteiger partial charge in [0.1, 0.15) is 15.8 Å². The molecule has 1 unspecified atom stereocenters. The summed E-state index contributed by atoms with van der Waals surface area (Å²) in [4.78, 5) is 32.4. The Bertz CT molecular complexity index is 1400. The van der Waals surface area contributed by atoms with Gasteiger partial charge in [0.15, 0.2) is 15.7 Å². The van der Waals surface area contributed by atoms with Gasteiger partial charge < -0.3 is 19.0 Å². The maximum absolute atomic E-state index is 13.5. The first-order chi connectivity index (χ1) is 19.2. The van der Waals surface area contributed by atoms with Crippen LogP contribution in [0.1, 0.15) is 43.4 Å². The lowest BCUT2D eigenvalue weighted by Crippen LogP contribution is -2.42. The van der Waals surface area contributed by atoms with Crippen LogP contribution in [0.5, 0.6) is 5.75 Å². The molecular formula is C28H33N3O6S3. The minimum atomic E-state index is -3.20. The first kappa shape index (κ1) is 28.7. The van der Waals surface area contributed by atoms with Crippen molar-refractivity contribution in [2.24, 2.45) is 0 Å². The summed E-state index contributed by atoms with van der Waals surface area (Å²) in [6.07, 6.45) is 5.63. The lowest BCUT2D eigenvalue weighted by atomic mass is 10.1. The Hall–Kier alpha value is -2.83. The number of piperidine rings is 1. The highest BCUT2D eigenvalue weighted by molar-refractivity contribution is 8.26. The third-order valence-electron chi connectivity index (χ3n) is 7.45. The topological polar surface area (TPSA) is 100 Å². The monoisotopic (exact) mass is 603 g/mol. The fourth-order valence-corrected chi connectivity index (χ4v) is 8.28. The van der Waals surface area contributed by atoms with Gasteiger partial charge in [-0.15, -0.1) is 0 Å². The second-order valence-corrected chi connectivity index (χ2v) is 14.1. The van der Waals surface area contributed by atoms with Crippen molar-refractivity contribution in [2.45, 2.75) is 44.7 Å². The second-order valence-electron chi connectivity index (χ2n) is 10.2. The van der Waals surface area contributed by atoms with E-state index in [2.05, 4.69) is 4.90 Å². The fourth-order valence-electron chi connectivity index (χ4n) is 5.24. The predicted molar refractivity (Wildman–Crippen MR) is 160 cm³/mol. The average molecular weight is 604 g/mol. The molecule has 1 atom stereocenters. The standard InChI is InChI=1S/C28H33N3O6S3/c1-36-22-7-5-20(6-8-22)17-24-27(33)30(28(38)39-24)15-11-25(32)31(21-12-16-40(34,35)19-21)18-23-9-10-26(37-23)29-13-3-2-4-14-29/h5-10,17,21H,2-4,11-16,18-19H2,1H3/b24-17-. The number of carbonyl (C=O) groups is 2. The number of sulfone groups is 1. The van der Waals surface area contributed by atoms with Crippen molar-refractivity contribution in [1.29, 1.82) is 0 Å². The first-order valence-corrected chi connectivity index (χ1v) is 16.5. The van der Waals surface area contributed by atoms with Crippen molar-refractivity contribution in [1.82, 2.24) is 9.80 Å². The van der Waals surface area contributed by atoms with Gasteiger partial charge in [-0.05, 0) is 55.5 Å². The van der Waals surface area contributed by atoms with E-state index in [0.29, 0.717) is 21.4 Å². The van der Waals surface area contributed by atoms with E-state index >= 15 is 0 Å². The zero-order valence-corrected chi connectivity index (χ0v) is 24.9. The number of carbonyl (C=O) groups excluding carboxylic acids is 2. The maximum Gasteiger partial charge on any atom is 0.266 e. The lowest BCUT2D eigenvalue weighted by Gasteiger charge is -2.29. The Morgan fingerprint density at radius 3 is 2.60 bits per heavy atom. The summed E-state index contributed by atoms with van der Waals surface area (Å²) >= 11 is 6.66. The van der Waals surface area contributed by atoms with Crippen LogP contribution >= 0.6 is 24.0 Å². The third-order valence-corrected chi connectivity index (χ3v) is 10.6. The minimum absolute atomic E-state index is 0.0263. The van der Waals surface area contributed by atoms with Gasteiger partial charge in [-0.25, -0.2) is 8.42 Å². The van der Waals surface area contributed by atoms with E-state index in [0.717, 1.165) is 43.1 Å². The molecule has 4 heterocycles. The van der Waals surface area contributed by atoms with Crippen molar-refractivity contribution in [3.05, 3.63) is 52.6 Å². The molecule has 1 aromatic carbocycles. The van der Waals surface area contributed by atoms with E-state index in [-0.39, 0.29) is 42.8 Å². The van der Waals surface area contributed by atoms with Crippen LogP contribution in [-0.2, 0) is 26.0 Å². The Balaban J connectivity index is 1.26. The van der Waals surface area contributed by atoms with Crippen LogP contribution in [0, 0.1) is 0 Å². The van der Waals surface area contributed by atoms with Crippen LogP contribution in [0.15, 0.2) is 45.7 Å². The molecule has 0 saturated carbocycles. The zero-order valence-electron chi connectivity index (χ0n) is 22.4. The Morgan fingerprint density at radius 2 is 1.93 bits per heavy atom.